The van der Waals surface area contributed by atoms with Crippen molar-refractivity contribution in [1.29, 1.82) is 0 Å². The number of halogens is 1. The molecule has 0 radical (unpaired) electrons. The lowest BCUT2D eigenvalue weighted by Gasteiger charge is -2.26. The van der Waals surface area contributed by atoms with Gasteiger partial charge in [-0.15, -0.1) is 0 Å². The molecule has 0 saturated carbocycles. The van der Waals surface area contributed by atoms with E-state index < -0.39 is 0 Å². The van der Waals surface area contributed by atoms with E-state index in [-0.39, 0.29) is 5.82 Å². The first-order valence-corrected chi connectivity index (χ1v) is 10.7. The van der Waals surface area contributed by atoms with E-state index in [2.05, 4.69) is 47.2 Å². The van der Waals surface area contributed by atoms with E-state index in [0.29, 0.717) is 18.2 Å². The number of thiocarbonyl (C=S) groups is 1. The Labute approximate surface area is 187 Å². The van der Waals surface area contributed by atoms with E-state index >= 15 is 0 Å². The van der Waals surface area contributed by atoms with Crippen LogP contribution in [0.1, 0.15) is 28.1 Å². The summed E-state index contributed by atoms with van der Waals surface area (Å²) in [4.78, 5) is 5.44. The van der Waals surface area contributed by atoms with Crippen molar-refractivity contribution in [3.63, 3.8) is 0 Å². The first-order chi connectivity index (χ1) is 14.9. The lowest BCUT2D eigenvalue weighted by atomic mass is 10.1. The molecule has 2 aromatic heterocycles. The summed E-state index contributed by atoms with van der Waals surface area (Å²) in [6.45, 7) is 7.37. The second-order valence-corrected chi connectivity index (χ2v) is 8.30. The molecule has 2 aromatic carbocycles. The first-order valence-electron chi connectivity index (χ1n) is 10.3. The molecule has 0 aliphatic heterocycles. The van der Waals surface area contributed by atoms with Crippen LogP contribution in [0.15, 0.2) is 59.2 Å². The van der Waals surface area contributed by atoms with Crippen molar-refractivity contribution in [3.8, 4) is 0 Å². The van der Waals surface area contributed by atoms with Gasteiger partial charge in [-0.05, 0) is 92.5 Å². The fourth-order valence-corrected chi connectivity index (χ4v) is 4.10. The van der Waals surface area contributed by atoms with Crippen molar-refractivity contribution >= 4 is 33.9 Å². The van der Waals surface area contributed by atoms with Crippen LogP contribution in [-0.4, -0.2) is 21.5 Å². The molecule has 4 rings (SSSR count). The van der Waals surface area contributed by atoms with Gasteiger partial charge in [-0.2, -0.15) is 0 Å². The normalized spacial score (nSPS) is 11.1. The number of rotatable bonds is 6. The molecule has 0 bridgehead atoms. The van der Waals surface area contributed by atoms with Gasteiger partial charge in [0, 0.05) is 28.8 Å². The molecule has 0 atom stereocenters. The standard InChI is InChI=1S/C25H26FN3OS/c1-16-6-7-17(2)24(13-16)28-25(31)29(15-20-5-4-12-30-20)11-10-21-18(3)27-23-9-8-19(26)14-22(21)23/h4-9,12-14,27H,10-11,15H2,1-3H3,(H,28,31). The summed E-state index contributed by atoms with van der Waals surface area (Å²) in [6.07, 6.45) is 2.39. The Morgan fingerprint density at radius 2 is 1.97 bits per heavy atom. The van der Waals surface area contributed by atoms with Gasteiger partial charge in [0.05, 0.1) is 12.8 Å². The third-order valence-corrected chi connectivity index (χ3v) is 5.92. The number of fused-ring (bicyclic) bond motifs is 1. The molecule has 2 N–H and O–H groups in total. The number of aryl methyl sites for hydroxylation is 3. The summed E-state index contributed by atoms with van der Waals surface area (Å²) < 4.78 is 19.4. The van der Waals surface area contributed by atoms with Crippen molar-refractivity contribution in [1.82, 2.24) is 9.88 Å². The zero-order chi connectivity index (χ0) is 22.0. The Morgan fingerprint density at radius 3 is 2.74 bits per heavy atom. The van der Waals surface area contributed by atoms with E-state index in [9.17, 15) is 4.39 Å². The number of anilines is 1. The average molecular weight is 436 g/mol. The number of H-pyrrole nitrogens is 1. The molecule has 2 heterocycles. The summed E-state index contributed by atoms with van der Waals surface area (Å²) in [6, 6.07) is 14.9. The van der Waals surface area contributed by atoms with Gasteiger partial charge in [0.25, 0.3) is 0 Å². The predicted molar refractivity (Wildman–Crippen MR) is 128 cm³/mol. The van der Waals surface area contributed by atoms with Gasteiger partial charge < -0.3 is 19.6 Å². The minimum Gasteiger partial charge on any atom is -0.467 e. The molecular formula is C25H26FN3OS. The predicted octanol–water partition coefficient (Wildman–Crippen LogP) is 6.27. The minimum absolute atomic E-state index is 0.229. The van der Waals surface area contributed by atoms with Gasteiger partial charge in [0.1, 0.15) is 11.6 Å². The number of hydrogen-bond donors (Lipinski definition) is 2. The highest BCUT2D eigenvalue weighted by Crippen LogP contribution is 2.24. The van der Waals surface area contributed by atoms with Gasteiger partial charge in [-0.3, -0.25) is 0 Å². The van der Waals surface area contributed by atoms with Crippen LogP contribution in [0.5, 0.6) is 0 Å². The first kappa shape index (κ1) is 21.1. The quantitative estimate of drug-likeness (QED) is 0.351. The summed E-state index contributed by atoms with van der Waals surface area (Å²) in [5, 5.41) is 4.96. The molecule has 0 saturated heterocycles. The molecule has 6 heteroatoms. The maximum absolute atomic E-state index is 13.9. The highest BCUT2D eigenvalue weighted by molar-refractivity contribution is 7.80. The number of nitrogens with one attached hydrogen (secondary N) is 2. The molecule has 0 spiro atoms. The SMILES string of the molecule is Cc1ccc(C)c(NC(=S)N(CCc2c(C)[nH]c3ccc(F)cc23)Cc2ccco2)c1. The highest BCUT2D eigenvalue weighted by atomic mass is 32.1. The third-order valence-electron chi connectivity index (χ3n) is 5.56. The molecular weight excluding hydrogens is 409 g/mol. The van der Waals surface area contributed by atoms with Crippen LogP contribution in [0.3, 0.4) is 0 Å². The Bertz CT molecular complexity index is 1210. The monoisotopic (exact) mass is 435 g/mol. The highest BCUT2D eigenvalue weighted by Gasteiger charge is 2.16. The second-order valence-electron chi connectivity index (χ2n) is 7.92. The van der Waals surface area contributed by atoms with E-state index in [1.807, 2.05) is 19.1 Å². The number of benzene rings is 2. The molecule has 4 aromatic rings. The fraction of sp³-hybridized carbons (Fsp3) is 0.240. The molecule has 0 aliphatic rings. The molecule has 0 amide bonds. The van der Waals surface area contributed by atoms with Crippen molar-refractivity contribution in [2.45, 2.75) is 33.7 Å². The Balaban J connectivity index is 1.57. The second kappa shape index (κ2) is 8.94. The van der Waals surface area contributed by atoms with E-state index in [0.717, 1.165) is 45.6 Å². The van der Waals surface area contributed by atoms with Crippen LogP contribution >= 0.6 is 12.2 Å². The van der Waals surface area contributed by atoms with E-state index in [1.54, 1.807) is 18.4 Å². The van der Waals surface area contributed by atoms with Crippen molar-refractivity contribution in [2.75, 3.05) is 11.9 Å². The summed E-state index contributed by atoms with van der Waals surface area (Å²) in [7, 11) is 0. The molecule has 4 nitrogen and oxygen atoms in total. The summed E-state index contributed by atoms with van der Waals surface area (Å²) >= 11 is 5.78. The van der Waals surface area contributed by atoms with Crippen molar-refractivity contribution < 1.29 is 8.81 Å². The van der Waals surface area contributed by atoms with E-state index in [4.69, 9.17) is 16.6 Å². The molecule has 31 heavy (non-hydrogen) atoms. The Hall–Kier alpha value is -3.12. The largest absolute Gasteiger partial charge is 0.467 e. The smallest absolute Gasteiger partial charge is 0.173 e. The number of nitrogens with zero attached hydrogens (tertiary/aromatic N) is 1. The van der Waals surface area contributed by atoms with Gasteiger partial charge in [-0.25, -0.2) is 4.39 Å². The number of aromatic amines is 1. The van der Waals surface area contributed by atoms with Crippen LogP contribution in [0, 0.1) is 26.6 Å². The molecule has 0 aliphatic carbocycles. The van der Waals surface area contributed by atoms with Gasteiger partial charge in [0.2, 0.25) is 0 Å². The van der Waals surface area contributed by atoms with Crippen LogP contribution in [0.2, 0.25) is 0 Å². The number of furan rings is 1. The maximum Gasteiger partial charge on any atom is 0.173 e. The van der Waals surface area contributed by atoms with Crippen molar-refractivity contribution in [2.24, 2.45) is 0 Å². The zero-order valence-electron chi connectivity index (χ0n) is 18.0. The summed E-state index contributed by atoms with van der Waals surface area (Å²) in [5.74, 6) is 0.610. The van der Waals surface area contributed by atoms with Crippen LogP contribution in [-0.2, 0) is 13.0 Å². The third kappa shape index (κ3) is 4.80. The average Bonchev–Trinajstić information content (AvgIpc) is 3.35. The minimum atomic E-state index is -0.229. The molecule has 0 fully saturated rings. The van der Waals surface area contributed by atoms with Gasteiger partial charge in [0.15, 0.2) is 5.11 Å². The van der Waals surface area contributed by atoms with Gasteiger partial charge >= 0.3 is 0 Å². The topological polar surface area (TPSA) is 44.2 Å². The Kier molecular flexibility index (Phi) is 6.09. The van der Waals surface area contributed by atoms with Gasteiger partial charge in [-0.1, -0.05) is 12.1 Å². The van der Waals surface area contributed by atoms with Crippen LogP contribution in [0.4, 0.5) is 10.1 Å². The van der Waals surface area contributed by atoms with E-state index in [1.165, 1.54) is 11.6 Å². The molecule has 160 valence electrons. The lowest BCUT2D eigenvalue weighted by Crippen LogP contribution is -2.36. The number of aromatic nitrogens is 1. The van der Waals surface area contributed by atoms with Crippen LogP contribution in [0.25, 0.3) is 10.9 Å². The van der Waals surface area contributed by atoms with Crippen LogP contribution < -0.4 is 5.32 Å². The lowest BCUT2D eigenvalue weighted by molar-refractivity contribution is 0.368. The van der Waals surface area contributed by atoms with Crippen molar-refractivity contribution in [3.05, 3.63) is 88.8 Å². The number of hydrogen-bond acceptors (Lipinski definition) is 2. The fourth-order valence-electron chi connectivity index (χ4n) is 3.83. The zero-order valence-corrected chi connectivity index (χ0v) is 18.8. The maximum atomic E-state index is 13.9. The Morgan fingerprint density at radius 1 is 1.13 bits per heavy atom. The molecule has 0 unspecified atom stereocenters. The summed E-state index contributed by atoms with van der Waals surface area (Å²) in [5.41, 5.74) is 6.40.